The summed E-state index contributed by atoms with van der Waals surface area (Å²) in [6, 6.07) is 6.33. The zero-order chi connectivity index (χ0) is 36.3. The van der Waals surface area contributed by atoms with Crippen LogP contribution in [0.4, 0.5) is 4.79 Å². The Morgan fingerprint density at radius 3 is 2.33 bits per heavy atom. The van der Waals surface area contributed by atoms with Gasteiger partial charge in [0.25, 0.3) is 5.91 Å². The number of imidazole rings is 1. The normalized spacial score (nSPS) is 17.9. The predicted molar refractivity (Wildman–Crippen MR) is 197 cm³/mol. The summed E-state index contributed by atoms with van der Waals surface area (Å²) in [5, 5.41) is 3.06. The van der Waals surface area contributed by atoms with E-state index in [1.807, 2.05) is 46.2 Å². The summed E-state index contributed by atoms with van der Waals surface area (Å²) in [6.45, 7) is 24.2. The lowest BCUT2D eigenvalue weighted by Crippen LogP contribution is -2.39. The molecule has 0 radical (unpaired) electrons. The second-order valence-corrected chi connectivity index (χ2v) is 15.2. The third-order valence-corrected chi connectivity index (χ3v) is 9.36. The van der Waals surface area contributed by atoms with E-state index in [2.05, 4.69) is 82.2 Å². The average Bonchev–Trinajstić information content (AvgIpc) is 3.39. The Morgan fingerprint density at radius 2 is 1.73 bits per heavy atom. The van der Waals surface area contributed by atoms with Crippen LogP contribution in [0.1, 0.15) is 127 Å². The summed E-state index contributed by atoms with van der Waals surface area (Å²) >= 11 is 0. The van der Waals surface area contributed by atoms with Gasteiger partial charge in [-0.25, -0.2) is 19.7 Å². The summed E-state index contributed by atoms with van der Waals surface area (Å²) in [6.07, 6.45) is 9.29. The van der Waals surface area contributed by atoms with Gasteiger partial charge in [-0.1, -0.05) is 66.7 Å². The van der Waals surface area contributed by atoms with E-state index in [9.17, 15) is 9.59 Å². The minimum absolute atomic E-state index is 0.100. The third-order valence-electron chi connectivity index (χ3n) is 9.36. The Labute approximate surface area is 293 Å². The van der Waals surface area contributed by atoms with E-state index in [1.165, 1.54) is 11.1 Å². The first kappa shape index (κ1) is 37.5. The number of hydrogen-bond donors (Lipinski definition) is 1. The number of fused-ring (bicyclic) bond motifs is 1. The molecule has 1 unspecified atom stereocenters. The molecule has 1 N–H and O–H groups in total. The predicted octanol–water partition coefficient (Wildman–Crippen LogP) is 8.53. The molecule has 9 heteroatoms. The minimum Gasteiger partial charge on any atom is -0.444 e. The van der Waals surface area contributed by atoms with E-state index in [0.29, 0.717) is 31.4 Å². The maximum atomic E-state index is 13.0. The lowest BCUT2D eigenvalue weighted by molar-refractivity contribution is 0.0266. The molecule has 2 amide bonds. The van der Waals surface area contributed by atoms with E-state index in [1.54, 1.807) is 17.4 Å². The SMILES string of the molecule is CC.Cc1cc(-c2ncnc3c2[C@@H](C)C(C)CC(C2=CCN(C(=O)OC(C)(C)C)CC2)=C3)ccc1CNC(=O)c1ncc(C(C)(C)C)n1C. The smallest absolute Gasteiger partial charge is 0.410 e. The fraction of sp³-hybridized carbons (Fsp3) is 0.525. The topological polar surface area (TPSA) is 102 Å². The van der Waals surface area contributed by atoms with Crippen LogP contribution in [-0.2, 0) is 23.7 Å². The average molecular weight is 669 g/mol. The van der Waals surface area contributed by atoms with Crippen LogP contribution in [0.25, 0.3) is 17.3 Å². The van der Waals surface area contributed by atoms with Crippen LogP contribution in [0.5, 0.6) is 0 Å². The number of benzene rings is 1. The second kappa shape index (κ2) is 15.1. The number of ether oxygens (including phenoxy) is 1. The monoisotopic (exact) mass is 668 g/mol. The molecule has 3 heterocycles. The molecule has 0 saturated carbocycles. The summed E-state index contributed by atoms with van der Waals surface area (Å²) in [5.41, 5.74) is 9.18. The molecule has 2 atom stereocenters. The Balaban J connectivity index is 0.00000265. The second-order valence-electron chi connectivity index (χ2n) is 15.2. The van der Waals surface area contributed by atoms with Gasteiger partial charge in [0, 0.05) is 55.1 Å². The first-order chi connectivity index (χ1) is 23.0. The fourth-order valence-electron chi connectivity index (χ4n) is 6.53. The summed E-state index contributed by atoms with van der Waals surface area (Å²) < 4.78 is 7.46. The number of aryl methyl sites for hydroxylation is 1. The van der Waals surface area contributed by atoms with Crippen LogP contribution < -0.4 is 5.32 Å². The first-order valence-electron chi connectivity index (χ1n) is 17.7. The molecule has 3 aromatic rings. The van der Waals surface area contributed by atoms with E-state index in [4.69, 9.17) is 14.7 Å². The number of carbonyl (C=O) groups is 2. The van der Waals surface area contributed by atoms with Crippen LogP contribution in [0, 0.1) is 12.8 Å². The molecular formula is C40H56N6O3. The van der Waals surface area contributed by atoms with E-state index >= 15 is 0 Å². The van der Waals surface area contributed by atoms with Crippen LogP contribution in [0.2, 0.25) is 0 Å². The summed E-state index contributed by atoms with van der Waals surface area (Å²) in [4.78, 5) is 41.4. The number of nitrogens with zero attached hydrogens (tertiary/aromatic N) is 5. The minimum atomic E-state index is -0.511. The molecule has 5 rings (SSSR count). The maximum Gasteiger partial charge on any atom is 0.410 e. The first-order valence-corrected chi connectivity index (χ1v) is 17.7. The zero-order valence-corrected chi connectivity index (χ0v) is 31.7. The lowest BCUT2D eigenvalue weighted by atomic mass is 9.83. The molecule has 2 aromatic heterocycles. The van der Waals surface area contributed by atoms with E-state index < -0.39 is 5.60 Å². The molecule has 1 aromatic carbocycles. The van der Waals surface area contributed by atoms with Gasteiger partial charge in [0.05, 0.1) is 11.4 Å². The summed E-state index contributed by atoms with van der Waals surface area (Å²) in [5.74, 6) is 0.835. The number of hydrogen-bond acceptors (Lipinski definition) is 6. The van der Waals surface area contributed by atoms with Crippen LogP contribution in [0.15, 0.2) is 47.9 Å². The Morgan fingerprint density at radius 1 is 1.02 bits per heavy atom. The molecule has 49 heavy (non-hydrogen) atoms. The fourth-order valence-corrected chi connectivity index (χ4v) is 6.53. The number of carbonyl (C=O) groups excluding carboxylic acids is 2. The molecule has 0 bridgehead atoms. The van der Waals surface area contributed by atoms with Crippen molar-refractivity contribution in [3.05, 3.63) is 81.8 Å². The number of allylic oxidation sites excluding steroid dienone is 1. The van der Waals surface area contributed by atoms with Gasteiger partial charge in [-0.2, -0.15) is 0 Å². The number of amides is 2. The third kappa shape index (κ3) is 8.67. The summed E-state index contributed by atoms with van der Waals surface area (Å²) in [7, 11) is 1.89. The highest BCUT2D eigenvalue weighted by molar-refractivity contribution is 5.91. The Kier molecular flexibility index (Phi) is 11.6. The molecule has 0 spiro atoms. The van der Waals surface area contributed by atoms with Crippen molar-refractivity contribution in [3.63, 3.8) is 0 Å². The highest BCUT2D eigenvalue weighted by Crippen LogP contribution is 2.42. The van der Waals surface area contributed by atoms with Crippen LogP contribution >= 0.6 is 0 Å². The van der Waals surface area contributed by atoms with Crippen LogP contribution in [0.3, 0.4) is 0 Å². The van der Waals surface area contributed by atoms with Crippen molar-refractivity contribution in [3.8, 4) is 11.3 Å². The van der Waals surface area contributed by atoms with Gasteiger partial charge in [0.15, 0.2) is 5.82 Å². The molecule has 264 valence electrons. The highest BCUT2D eigenvalue weighted by Gasteiger charge is 2.30. The standard InChI is InChI=1S/C38H50N6O3.C2H6/c1-23-17-29(26-13-15-44(16-14-26)36(46)47-38(7,8)9)19-30-32(25(23)3)33(42-22-41-30)27-11-12-28(24(2)18-27)20-40-35(45)34-39-21-31(43(34)10)37(4,5)6;1-2/h11-13,18-19,21-23,25H,14-17,20H2,1-10H3,(H,40,45);1-2H3/t23?,25-;/m0./s1. The van der Waals surface area contributed by atoms with Crippen molar-refractivity contribution in [2.75, 3.05) is 13.1 Å². The van der Waals surface area contributed by atoms with Gasteiger partial charge in [0.2, 0.25) is 0 Å². The van der Waals surface area contributed by atoms with E-state index in [0.717, 1.165) is 52.2 Å². The Hall–Kier alpha value is -4.27. The number of aromatic nitrogens is 4. The molecular weight excluding hydrogens is 612 g/mol. The maximum absolute atomic E-state index is 13.0. The lowest BCUT2D eigenvalue weighted by Gasteiger charge is -2.30. The van der Waals surface area contributed by atoms with Crippen molar-refractivity contribution >= 4 is 18.1 Å². The van der Waals surface area contributed by atoms with Crippen molar-refractivity contribution in [2.24, 2.45) is 13.0 Å². The van der Waals surface area contributed by atoms with Gasteiger partial charge >= 0.3 is 6.09 Å². The van der Waals surface area contributed by atoms with Crippen molar-refractivity contribution in [1.29, 1.82) is 0 Å². The van der Waals surface area contributed by atoms with Crippen molar-refractivity contribution < 1.29 is 14.3 Å². The largest absolute Gasteiger partial charge is 0.444 e. The molecule has 0 fully saturated rings. The van der Waals surface area contributed by atoms with Gasteiger partial charge in [0.1, 0.15) is 11.9 Å². The Bertz CT molecular complexity index is 1740. The molecule has 1 aliphatic heterocycles. The molecule has 1 aliphatic carbocycles. The van der Waals surface area contributed by atoms with Crippen molar-refractivity contribution in [2.45, 2.75) is 112 Å². The van der Waals surface area contributed by atoms with Gasteiger partial charge in [-0.05, 0) is 86.8 Å². The highest BCUT2D eigenvalue weighted by atomic mass is 16.6. The van der Waals surface area contributed by atoms with Gasteiger partial charge < -0.3 is 19.5 Å². The molecule has 2 aliphatic rings. The van der Waals surface area contributed by atoms with Crippen LogP contribution in [-0.4, -0.2) is 55.1 Å². The van der Waals surface area contributed by atoms with E-state index in [-0.39, 0.29) is 23.3 Å². The number of rotatable bonds is 5. The number of nitrogens with one attached hydrogen (secondary N) is 1. The van der Waals surface area contributed by atoms with Gasteiger partial charge in [-0.3, -0.25) is 4.79 Å². The van der Waals surface area contributed by atoms with Crippen molar-refractivity contribution in [1.82, 2.24) is 29.7 Å². The van der Waals surface area contributed by atoms with Gasteiger partial charge in [-0.15, -0.1) is 0 Å². The molecule has 0 saturated heterocycles. The zero-order valence-electron chi connectivity index (χ0n) is 31.7. The quantitative estimate of drug-likeness (QED) is 0.292. The molecule has 9 nitrogen and oxygen atoms in total.